The van der Waals surface area contributed by atoms with Gasteiger partial charge in [0.1, 0.15) is 5.82 Å². The molecule has 1 fully saturated rings. The zero-order valence-corrected chi connectivity index (χ0v) is 10.1. The highest BCUT2D eigenvalue weighted by molar-refractivity contribution is 5.54. The number of hydrogen-bond donors (Lipinski definition) is 1. The summed E-state index contributed by atoms with van der Waals surface area (Å²) in [5.41, 5.74) is 0.475. The Hall–Kier alpha value is -1.84. The summed E-state index contributed by atoms with van der Waals surface area (Å²) in [4.78, 5) is 4.28. The molecule has 1 N–H and O–H groups in total. The summed E-state index contributed by atoms with van der Waals surface area (Å²) in [5.74, 6) is 0.477. The van der Waals surface area contributed by atoms with Gasteiger partial charge in [-0.2, -0.15) is 0 Å². The normalized spacial score (nSPS) is 16.1. The summed E-state index contributed by atoms with van der Waals surface area (Å²) in [5, 5.41) is 3.07. The lowest BCUT2D eigenvalue weighted by Gasteiger charge is -2.15. The van der Waals surface area contributed by atoms with Gasteiger partial charge in [-0.1, -0.05) is 25.0 Å². The van der Waals surface area contributed by atoms with Crippen molar-refractivity contribution in [1.82, 2.24) is 9.55 Å². The van der Waals surface area contributed by atoms with E-state index in [0.29, 0.717) is 11.7 Å². The predicted octanol–water partition coefficient (Wildman–Crippen LogP) is 3.88. The highest BCUT2D eigenvalue weighted by Gasteiger charge is 2.19. The van der Waals surface area contributed by atoms with E-state index >= 15 is 0 Å². The zero-order valence-electron chi connectivity index (χ0n) is 10.1. The predicted molar refractivity (Wildman–Crippen MR) is 69.4 cm³/mol. The van der Waals surface area contributed by atoms with Crippen LogP contribution in [0.5, 0.6) is 0 Å². The Morgan fingerprint density at radius 1 is 1.22 bits per heavy atom. The Bertz CT molecular complexity index is 529. The molecule has 18 heavy (non-hydrogen) atoms. The molecule has 0 saturated heterocycles. The Labute approximate surface area is 106 Å². The maximum Gasteiger partial charge on any atom is 0.207 e. The van der Waals surface area contributed by atoms with Crippen LogP contribution in [0.15, 0.2) is 36.7 Å². The first-order valence-corrected chi connectivity index (χ1v) is 6.39. The van der Waals surface area contributed by atoms with E-state index in [1.165, 1.54) is 31.7 Å². The number of nitrogens with one attached hydrogen (secondary N) is 1. The Morgan fingerprint density at radius 3 is 2.78 bits per heavy atom. The molecule has 1 heterocycles. The molecule has 0 amide bonds. The lowest BCUT2D eigenvalue weighted by molar-refractivity contribution is 0.524. The van der Waals surface area contributed by atoms with Gasteiger partial charge >= 0.3 is 0 Å². The number of halogens is 1. The maximum absolute atomic E-state index is 13.6. The number of imidazole rings is 1. The third kappa shape index (κ3) is 2.10. The van der Waals surface area contributed by atoms with Crippen LogP contribution in [0.4, 0.5) is 16.0 Å². The second kappa shape index (κ2) is 4.80. The quantitative estimate of drug-likeness (QED) is 0.889. The Balaban J connectivity index is 1.85. The molecule has 0 aliphatic heterocycles. The van der Waals surface area contributed by atoms with Crippen molar-refractivity contribution in [2.45, 2.75) is 31.7 Å². The van der Waals surface area contributed by atoms with E-state index in [1.54, 1.807) is 18.3 Å². The van der Waals surface area contributed by atoms with Crippen LogP contribution < -0.4 is 5.32 Å². The molecule has 3 rings (SSSR count). The minimum Gasteiger partial charge on any atom is -0.323 e. The highest BCUT2D eigenvalue weighted by Crippen LogP contribution is 2.32. The van der Waals surface area contributed by atoms with Gasteiger partial charge in [0.25, 0.3) is 0 Å². The first-order valence-electron chi connectivity index (χ1n) is 6.39. The minimum absolute atomic E-state index is 0.251. The molecule has 1 aliphatic rings. The van der Waals surface area contributed by atoms with Crippen molar-refractivity contribution in [1.29, 1.82) is 0 Å². The van der Waals surface area contributed by atoms with E-state index < -0.39 is 0 Å². The van der Waals surface area contributed by atoms with Gasteiger partial charge in [-0.3, -0.25) is 0 Å². The summed E-state index contributed by atoms with van der Waals surface area (Å²) < 4.78 is 15.7. The van der Waals surface area contributed by atoms with Gasteiger partial charge in [-0.05, 0) is 25.0 Å². The van der Waals surface area contributed by atoms with E-state index in [1.807, 2.05) is 12.3 Å². The third-order valence-electron chi connectivity index (χ3n) is 3.51. The number of rotatable bonds is 3. The summed E-state index contributed by atoms with van der Waals surface area (Å²) in [6.07, 6.45) is 8.63. The first kappa shape index (κ1) is 11.3. The fourth-order valence-electron chi connectivity index (χ4n) is 2.57. The van der Waals surface area contributed by atoms with E-state index in [0.717, 1.165) is 5.95 Å². The molecule has 0 spiro atoms. The molecule has 1 aromatic heterocycles. The smallest absolute Gasteiger partial charge is 0.207 e. The molecule has 4 heteroatoms. The second-order valence-corrected chi connectivity index (χ2v) is 4.70. The van der Waals surface area contributed by atoms with Crippen LogP contribution in [-0.2, 0) is 0 Å². The molecule has 2 aromatic rings. The monoisotopic (exact) mass is 245 g/mol. The second-order valence-electron chi connectivity index (χ2n) is 4.70. The molecule has 1 aliphatic carbocycles. The molecule has 1 aromatic carbocycles. The lowest BCUT2D eigenvalue weighted by Crippen LogP contribution is -2.08. The largest absolute Gasteiger partial charge is 0.323 e. The summed E-state index contributed by atoms with van der Waals surface area (Å²) in [7, 11) is 0. The fourth-order valence-corrected chi connectivity index (χ4v) is 2.57. The van der Waals surface area contributed by atoms with Gasteiger partial charge in [0, 0.05) is 18.4 Å². The number of nitrogens with zero attached hydrogens (tertiary/aromatic N) is 2. The van der Waals surface area contributed by atoms with Crippen molar-refractivity contribution < 1.29 is 4.39 Å². The molecule has 0 atom stereocenters. The minimum atomic E-state index is -0.251. The Kier molecular flexibility index (Phi) is 3.00. The number of hydrogen-bond acceptors (Lipinski definition) is 2. The molecule has 94 valence electrons. The molecular weight excluding hydrogens is 229 g/mol. The van der Waals surface area contributed by atoms with E-state index in [2.05, 4.69) is 14.9 Å². The molecule has 0 radical (unpaired) electrons. The van der Waals surface area contributed by atoms with Crippen LogP contribution in [0.3, 0.4) is 0 Å². The van der Waals surface area contributed by atoms with Crippen LogP contribution in [0.25, 0.3) is 0 Å². The topological polar surface area (TPSA) is 29.9 Å². The van der Waals surface area contributed by atoms with Crippen molar-refractivity contribution in [3.05, 3.63) is 42.5 Å². The maximum atomic E-state index is 13.6. The number of para-hydroxylation sites is 1. The van der Waals surface area contributed by atoms with Crippen LogP contribution in [0.1, 0.15) is 31.7 Å². The molecule has 0 bridgehead atoms. The van der Waals surface area contributed by atoms with Gasteiger partial charge in [0.2, 0.25) is 5.95 Å². The molecular formula is C14H16FN3. The van der Waals surface area contributed by atoms with Gasteiger partial charge in [-0.25, -0.2) is 9.37 Å². The standard InChI is InChI=1S/C14H16FN3/c15-12-7-3-4-8-13(12)17-14-16-9-10-18(14)11-5-1-2-6-11/h3-4,7-11H,1-2,5-6H2,(H,16,17). The van der Waals surface area contributed by atoms with E-state index in [9.17, 15) is 4.39 Å². The number of benzene rings is 1. The van der Waals surface area contributed by atoms with Crippen molar-refractivity contribution in [2.24, 2.45) is 0 Å². The van der Waals surface area contributed by atoms with Crippen LogP contribution in [-0.4, -0.2) is 9.55 Å². The van der Waals surface area contributed by atoms with Crippen molar-refractivity contribution in [3.8, 4) is 0 Å². The fraction of sp³-hybridized carbons (Fsp3) is 0.357. The highest BCUT2D eigenvalue weighted by atomic mass is 19.1. The lowest BCUT2D eigenvalue weighted by atomic mass is 10.2. The van der Waals surface area contributed by atoms with Crippen LogP contribution in [0, 0.1) is 5.82 Å². The molecule has 3 nitrogen and oxygen atoms in total. The zero-order chi connectivity index (χ0) is 12.4. The van der Waals surface area contributed by atoms with Gasteiger partial charge in [-0.15, -0.1) is 0 Å². The SMILES string of the molecule is Fc1ccccc1Nc1nccn1C1CCCC1. The van der Waals surface area contributed by atoms with Gasteiger partial charge in [0.05, 0.1) is 5.69 Å². The van der Waals surface area contributed by atoms with Crippen molar-refractivity contribution >= 4 is 11.6 Å². The van der Waals surface area contributed by atoms with Crippen LogP contribution in [0.2, 0.25) is 0 Å². The van der Waals surface area contributed by atoms with Crippen molar-refractivity contribution in [2.75, 3.05) is 5.32 Å². The average Bonchev–Trinajstić information content (AvgIpc) is 3.02. The number of anilines is 2. The molecule has 0 unspecified atom stereocenters. The van der Waals surface area contributed by atoms with E-state index in [-0.39, 0.29) is 5.82 Å². The Morgan fingerprint density at radius 2 is 2.00 bits per heavy atom. The van der Waals surface area contributed by atoms with Crippen LogP contribution >= 0.6 is 0 Å². The molecule has 1 saturated carbocycles. The average molecular weight is 245 g/mol. The van der Waals surface area contributed by atoms with Gasteiger partial charge < -0.3 is 9.88 Å². The van der Waals surface area contributed by atoms with E-state index in [4.69, 9.17) is 0 Å². The number of aromatic nitrogens is 2. The summed E-state index contributed by atoms with van der Waals surface area (Å²) in [6.45, 7) is 0. The van der Waals surface area contributed by atoms with Gasteiger partial charge in [0.15, 0.2) is 0 Å². The summed E-state index contributed by atoms with van der Waals surface area (Å²) >= 11 is 0. The van der Waals surface area contributed by atoms with Crippen molar-refractivity contribution in [3.63, 3.8) is 0 Å². The third-order valence-corrected chi connectivity index (χ3v) is 3.51. The first-order chi connectivity index (χ1) is 8.84. The summed E-state index contributed by atoms with van der Waals surface area (Å²) in [6, 6.07) is 7.17.